The Balaban J connectivity index is 1.69. The SMILES string of the molecule is O=C(Nc1ccc2[nH]c3ccccc3c2c1)[C@@H]1CCCO1. The molecule has 4 rings (SSSR count). The molecule has 1 aliphatic rings. The van der Waals surface area contributed by atoms with E-state index in [0.717, 1.165) is 34.9 Å². The topological polar surface area (TPSA) is 54.1 Å². The van der Waals surface area contributed by atoms with Crippen LogP contribution in [0.4, 0.5) is 5.69 Å². The summed E-state index contributed by atoms with van der Waals surface area (Å²) in [5.74, 6) is -0.0494. The number of carbonyl (C=O) groups is 1. The van der Waals surface area contributed by atoms with Crippen molar-refractivity contribution in [2.75, 3.05) is 11.9 Å². The van der Waals surface area contributed by atoms with E-state index in [4.69, 9.17) is 4.74 Å². The van der Waals surface area contributed by atoms with Crippen LogP contribution >= 0.6 is 0 Å². The Morgan fingerprint density at radius 1 is 1.14 bits per heavy atom. The Labute approximate surface area is 122 Å². The Kier molecular flexibility index (Phi) is 2.89. The number of aromatic nitrogens is 1. The van der Waals surface area contributed by atoms with Crippen molar-refractivity contribution < 1.29 is 9.53 Å². The standard InChI is InChI=1S/C17H16N2O2/c20-17(16-6-3-9-21-16)18-11-7-8-15-13(10-11)12-4-1-2-5-14(12)19-15/h1-2,4-5,7-8,10,16,19H,3,6,9H2,(H,18,20)/t16-/m0/s1. The van der Waals surface area contributed by atoms with Crippen LogP contribution in [-0.4, -0.2) is 23.6 Å². The van der Waals surface area contributed by atoms with Gasteiger partial charge in [0.15, 0.2) is 0 Å². The number of ether oxygens (including phenoxy) is 1. The van der Waals surface area contributed by atoms with Crippen LogP contribution in [0.1, 0.15) is 12.8 Å². The van der Waals surface area contributed by atoms with Crippen LogP contribution in [0.5, 0.6) is 0 Å². The van der Waals surface area contributed by atoms with Gasteiger partial charge in [-0.2, -0.15) is 0 Å². The molecule has 2 aromatic carbocycles. The van der Waals surface area contributed by atoms with Crippen molar-refractivity contribution in [2.45, 2.75) is 18.9 Å². The van der Waals surface area contributed by atoms with Crippen molar-refractivity contribution in [3.63, 3.8) is 0 Å². The Hall–Kier alpha value is -2.33. The molecule has 4 nitrogen and oxygen atoms in total. The average molecular weight is 280 g/mol. The predicted octanol–water partition coefficient (Wildman–Crippen LogP) is 3.44. The van der Waals surface area contributed by atoms with Crippen LogP contribution in [0.25, 0.3) is 21.8 Å². The number of fused-ring (bicyclic) bond motifs is 3. The third kappa shape index (κ3) is 2.17. The molecule has 0 bridgehead atoms. The smallest absolute Gasteiger partial charge is 0.253 e. The maximum atomic E-state index is 12.1. The second-order valence-electron chi connectivity index (χ2n) is 5.42. The number of hydrogen-bond donors (Lipinski definition) is 2. The molecule has 0 saturated carbocycles. The first-order valence-corrected chi connectivity index (χ1v) is 7.24. The summed E-state index contributed by atoms with van der Waals surface area (Å²) in [4.78, 5) is 15.5. The van der Waals surface area contributed by atoms with Crippen LogP contribution in [0.2, 0.25) is 0 Å². The van der Waals surface area contributed by atoms with E-state index in [1.165, 1.54) is 5.39 Å². The number of anilines is 1. The summed E-state index contributed by atoms with van der Waals surface area (Å²) in [6.07, 6.45) is 1.46. The summed E-state index contributed by atoms with van der Waals surface area (Å²) in [5.41, 5.74) is 2.99. The lowest BCUT2D eigenvalue weighted by Gasteiger charge is -2.10. The molecule has 0 unspecified atom stereocenters. The summed E-state index contributed by atoms with van der Waals surface area (Å²) in [6, 6.07) is 14.1. The molecule has 1 amide bonds. The van der Waals surface area contributed by atoms with Gasteiger partial charge in [-0.3, -0.25) is 4.79 Å². The molecule has 2 heterocycles. The first-order valence-electron chi connectivity index (χ1n) is 7.24. The zero-order valence-electron chi connectivity index (χ0n) is 11.6. The molecule has 106 valence electrons. The van der Waals surface area contributed by atoms with Gasteiger partial charge in [-0.25, -0.2) is 0 Å². The lowest BCUT2D eigenvalue weighted by molar-refractivity contribution is -0.124. The highest BCUT2D eigenvalue weighted by molar-refractivity contribution is 6.09. The lowest BCUT2D eigenvalue weighted by Crippen LogP contribution is -2.26. The second-order valence-corrected chi connectivity index (χ2v) is 5.42. The normalized spacial score (nSPS) is 18.4. The van der Waals surface area contributed by atoms with E-state index >= 15 is 0 Å². The van der Waals surface area contributed by atoms with E-state index in [0.29, 0.717) is 6.61 Å². The van der Waals surface area contributed by atoms with Crippen LogP contribution in [0.3, 0.4) is 0 Å². The van der Waals surface area contributed by atoms with E-state index in [1.807, 2.05) is 30.3 Å². The summed E-state index contributed by atoms with van der Waals surface area (Å²) in [5, 5.41) is 5.24. The minimum Gasteiger partial charge on any atom is -0.368 e. The molecule has 0 spiro atoms. The molecule has 0 aliphatic carbocycles. The molecule has 1 aromatic heterocycles. The minimum absolute atomic E-state index is 0.0494. The van der Waals surface area contributed by atoms with Crippen molar-refractivity contribution in [3.8, 4) is 0 Å². The van der Waals surface area contributed by atoms with E-state index in [9.17, 15) is 4.79 Å². The van der Waals surface area contributed by atoms with Crippen molar-refractivity contribution in [1.29, 1.82) is 0 Å². The number of para-hydroxylation sites is 1. The van der Waals surface area contributed by atoms with Crippen molar-refractivity contribution >= 4 is 33.4 Å². The first kappa shape index (κ1) is 12.4. The number of aromatic amines is 1. The fraction of sp³-hybridized carbons (Fsp3) is 0.235. The van der Waals surface area contributed by atoms with Gasteiger partial charge in [0.1, 0.15) is 6.10 Å². The molecule has 0 radical (unpaired) electrons. The number of amides is 1. The monoisotopic (exact) mass is 280 g/mol. The highest BCUT2D eigenvalue weighted by Gasteiger charge is 2.23. The van der Waals surface area contributed by atoms with Gasteiger partial charge >= 0.3 is 0 Å². The van der Waals surface area contributed by atoms with E-state index in [2.05, 4.69) is 22.4 Å². The summed E-state index contributed by atoms with van der Waals surface area (Å²) < 4.78 is 5.41. The van der Waals surface area contributed by atoms with Gasteiger partial charge in [-0.1, -0.05) is 18.2 Å². The Morgan fingerprint density at radius 3 is 2.86 bits per heavy atom. The fourth-order valence-electron chi connectivity index (χ4n) is 2.93. The molecule has 21 heavy (non-hydrogen) atoms. The fourth-order valence-corrected chi connectivity index (χ4v) is 2.93. The van der Waals surface area contributed by atoms with Crippen LogP contribution in [0, 0.1) is 0 Å². The summed E-state index contributed by atoms with van der Waals surface area (Å²) >= 11 is 0. The Bertz CT molecular complexity index is 816. The van der Waals surface area contributed by atoms with Crippen molar-refractivity contribution in [1.82, 2.24) is 4.98 Å². The number of benzene rings is 2. The van der Waals surface area contributed by atoms with Crippen molar-refractivity contribution in [3.05, 3.63) is 42.5 Å². The maximum Gasteiger partial charge on any atom is 0.253 e. The molecule has 1 fully saturated rings. The predicted molar refractivity (Wildman–Crippen MR) is 83.4 cm³/mol. The molecule has 2 N–H and O–H groups in total. The third-order valence-electron chi connectivity index (χ3n) is 4.00. The number of H-pyrrole nitrogens is 1. The van der Waals surface area contributed by atoms with Gasteiger partial charge < -0.3 is 15.0 Å². The number of carbonyl (C=O) groups excluding carboxylic acids is 1. The van der Waals surface area contributed by atoms with Gasteiger partial charge in [0.2, 0.25) is 0 Å². The quantitative estimate of drug-likeness (QED) is 0.755. The molecule has 3 aromatic rings. The molecular weight excluding hydrogens is 264 g/mol. The van der Waals surface area contributed by atoms with E-state index in [-0.39, 0.29) is 12.0 Å². The maximum absolute atomic E-state index is 12.1. The Morgan fingerprint density at radius 2 is 2.00 bits per heavy atom. The van der Waals surface area contributed by atoms with Gasteiger partial charge in [0, 0.05) is 34.1 Å². The van der Waals surface area contributed by atoms with Crippen LogP contribution in [0.15, 0.2) is 42.5 Å². The van der Waals surface area contributed by atoms with Gasteiger partial charge in [-0.15, -0.1) is 0 Å². The molecular formula is C17H16N2O2. The molecule has 4 heteroatoms. The first-order chi connectivity index (χ1) is 10.3. The average Bonchev–Trinajstić information content (AvgIpc) is 3.14. The number of hydrogen-bond acceptors (Lipinski definition) is 2. The number of rotatable bonds is 2. The largest absolute Gasteiger partial charge is 0.368 e. The zero-order chi connectivity index (χ0) is 14.2. The summed E-state index contributed by atoms with van der Waals surface area (Å²) in [6.45, 7) is 0.680. The zero-order valence-corrected chi connectivity index (χ0v) is 11.6. The van der Waals surface area contributed by atoms with Crippen LogP contribution < -0.4 is 5.32 Å². The van der Waals surface area contributed by atoms with E-state index in [1.54, 1.807) is 0 Å². The van der Waals surface area contributed by atoms with Gasteiger partial charge in [-0.05, 0) is 37.1 Å². The minimum atomic E-state index is -0.302. The molecule has 1 aliphatic heterocycles. The molecule has 1 atom stereocenters. The van der Waals surface area contributed by atoms with E-state index < -0.39 is 0 Å². The lowest BCUT2D eigenvalue weighted by atomic mass is 10.1. The van der Waals surface area contributed by atoms with Gasteiger partial charge in [0.05, 0.1) is 0 Å². The summed E-state index contributed by atoms with van der Waals surface area (Å²) in [7, 11) is 0. The third-order valence-corrected chi connectivity index (χ3v) is 4.00. The number of nitrogens with one attached hydrogen (secondary N) is 2. The second kappa shape index (κ2) is 4.90. The van der Waals surface area contributed by atoms with Crippen molar-refractivity contribution in [2.24, 2.45) is 0 Å². The van der Waals surface area contributed by atoms with Crippen LogP contribution in [-0.2, 0) is 9.53 Å². The highest BCUT2D eigenvalue weighted by Crippen LogP contribution is 2.28. The highest BCUT2D eigenvalue weighted by atomic mass is 16.5. The molecule has 1 saturated heterocycles. The van der Waals surface area contributed by atoms with Gasteiger partial charge in [0.25, 0.3) is 5.91 Å².